The van der Waals surface area contributed by atoms with Crippen LogP contribution in [0, 0.1) is 0 Å². The minimum absolute atomic E-state index is 0.0742. The SMILES string of the molecule is CN(C(=O)OC(C)(C)C)[C@H](Cc1ccc(OP(=O)(O)O)c(N)c1)C(=O)O. The smallest absolute Gasteiger partial charge is 0.480 e. The molecule has 0 aliphatic rings. The summed E-state index contributed by atoms with van der Waals surface area (Å²) in [6.07, 6.45) is -0.884. The van der Waals surface area contributed by atoms with E-state index in [1.807, 2.05) is 0 Å². The predicted octanol–water partition coefficient (Wildman–Crippen LogP) is 1.60. The fourth-order valence-electron chi connectivity index (χ4n) is 2.01. The highest BCUT2D eigenvalue weighted by Gasteiger charge is 2.30. The molecule has 0 fully saturated rings. The predicted molar refractivity (Wildman–Crippen MR) is 92.7 cm³/mol. The lowest BCUT2D eigenvalue weighted by molar-refractivity contribution is -0.142. The summed E-state index contributed by atoms with van der Waals surface area (Å²) >= 11 is 0. The van der Waals surface area contributed by atoms with E-state index in [0.717, 1.165) is 4.90 Å². The molecule has 11 heteroatoms. The zero-order chi connectivity index (χ0) is 20.3. The first kappa shape index (κ1) is 21.8. The normalized spacial score (nSPS) is 13.0. The molecule has 1 atom stereocenters. The number of nitrogens with two attached hydrogens (primary N) is 1. The largest absolute Gasteiger partial charge is 0.524 e. The molecule has 1 aromatic rings. The molecule has 1 aromatic carbocycles. The van der Waals surface area contributed by atoms with Gasteiger partial charge in [-0.25, -0.2) is 14.2 Å². The Hall–Kier alpha value is -2.29. The summed E-state index contributed by atoms with van der Waals surface area (Å²) in [5.41, 5.74) is 5.26. The van der Waals surface area contributed by atoms with E-state index < -0.39 is 31.5 Å². The van der Waals surface area contributed by atoms with E-state index in [0.29, 0.717) is 5.56 Å². The van der Waals surface area contributed by atoms with Gasteiger partial charge in [-0.1, -0.05) is 6.07 Å². The number of benzene rings is 1. The highest BCUT2D eigenvalue weighted by molar-refractivity contribution is 7.46. The second-order valence-corrected chi connectivity index (χ2v) is 7.77. The molecule has 0 radical (unpaired) electrons. The number of phosphoric acid groups is 1. The van der Waals surface area contributed by atoms with Gasteiger partial charge in [0, 0.05) is 13.5 Å². The summed E-state index contributed by atoms with van der Waals surface area (Å²) in [6.45, 7) is 4.98. The number of hydrogen-bond donors (Lipinski definition) is 4. The molecular formula is C15H23N2O8P. The Balaban J connectivity index is 2.97. The first-order chi connectivity index (χ1) is 11.7. The molecule has 10 nitrogen and oxygen atoms in total. The third-order valence-electron chi connectivity index (χ3n) is 3.15. The molecule has 0 aromatic heterocycles. The average Bonchev–Trinajstić information content (AvgIpc) is 2.43. The number of anilines is 1. The number of ether oxygens (including phenoxy) is 1. The van der Waals surface area contributed by atoms with E-state index >= 15 is 0 Å². The van der Waals surface area contributed by atoms with Crippen LogP contribution < -0.4 is 10.3 Å². The van der Waals surface area contributed by atoms with Gasteiger partial charge in [0.05, 0.1) is 5.69 Å². The molecule has 0 bridgehead atoms. The lowest BCUT2D eigenvalue weighted by Gasteiger charge is -2.28. The van der Waals surface area contributed by atoms with E-state index in [1.165, 1.54) is 25.2 Å². The van der Waals surface area contributed by atoms with Crippen LogP contribution in [0.1, 0.15) is 26.3 Å². The summed E-state index contributed by atoms with van der Waals surface area (Å²) in [7, 11) is -3.46. The van der Waals surface area contributed by atoms with Crippen LogP contribution in [0.25, 0.3) is 0 Å². The lowest BCUT2D eigenvalue weighted by atomic mass is 10.0. The number of hydrogen-bond acceptors (Lipinski definition) is 6. The number of aliphatic carboxylic acids is 1. The standard InChI is InChI=1S/C15H23N2O8P/c1-15(2,3)24-14(20)17(4)11(13(18)19)8-9-5-6-12(10(16)7-9)25-26(21,22)23/h5-7,11H,8,16H2,1-4H3,(H,18,19)(H2,21,22,23)/t11-/m1/s1. The molecule has 26 heavy (non-hydrogen) atoms. The number of carboxylic acid groups (broad SMARTS) is 1. The zero-order valence-electron chi connectivity index (χ0n) is 14.9. The maximum absolute atomic E-state index is 12.1. The van der Waals surface area contributed by atoms with Crippen molar-refractivity contribution in [3.05, 3.63) is 23.8 Å². The lowest BCUT2D eigenvalue weighted by Crippen LogP contribution is -2.46. The third-order valence-corrected chi connectivity index (χ3v) is 3.59. The van der Waals surface area contributed by atoms with Crippen LogP contribution in [0.4, 0.5) is 10.5 Å². The van der Waals surface area contributed by atoms with Gasteiger partial charge < -0.3 is 20.1 Å². The van der Waals surface area contributed by atoms with Crippen molar-refractivity contribution in [2.24, 2.45) is 0 Å². The van der Waals surface area contributed by atoms with Gasteiger partial charge in [0.1, 0.15) is 11.6 Å². The summed E-state index contributed by atoms with van der Waals surface area (Å²) in [6, 6.07) is 2.72. The van der Waals surface area contributed by atoms with Crippen molar-refractivity contribution in [1.29, 1.82) is 0 Å². The van der Waals surface area contributed by atoms with E-state index in [1.54, 1.807) is 20.8 Å². The highest BCUT2D eigenvalue weighted by atomic mass is 31.2. The maximum atomic E-state index is 12.1. The number of nitrogens with zero attached hydrogens (tertiary/aromatic N) is 1. The van der Waals surface area contributed by atoms with Gasteiger partial charge in [-0.05, 0) is 38.5 Å². The van der Waals surface area contributed by atoms with Gasteiger partial charge >= 0.3 is 19.9 Å². The van der Waals surface area contributed by atoms with Crippen molar-refractivity contribution in [3.8, 4) is 5.75 Å². The monoisotopic (exact) mass is 390 g/mol. The summed E-state index contributed by atoms with van der Waals surface area (Å²) < 4.78 is 20.4. The van der Waals surface area contributed by atoms with Crippen LogP contribution in [-0.2, 0) is 20.5 Å². The molecule has 0 aliphatic carbocycles. The molecule has 0 spiro atoms. The van der Waals surface area contributed by atoms with Crippen LogP contribution in [0.5, 0.6) is 5.75 Å². The molecule has 0 unspecified atom stereocenters. The first-order valence-corrected chi connectivity index (χ1v) is 9.05. The molecule has 146 valence electrons. The Morgan fingerprint density at radius 3 is 2.31 bits per heavy atom. The minimum atomic E-state index is -4.77. The molecule has 1 amide bonds. The minimum Gasteiger partial charge on any atom is -0.480 e. The van der Waals surface area contributed by atoms with Crippen LogP contribution >= 0.6 is 7.82 Å². The topological polar surface area (TPSA) is 160 Å². The van der Waals surface area contributed by atoms with Gasteiger partial charge in [0.15, 0.2) is 5.75 Å². The molecule has 0 saturated carbocycles. The zero-order valence-corrected chi connectivity index (χ0v) is 15.8. The number of nitrogen functional groups attached to an aromatic ring is 1. The fraction of sp³-hybridized carbons (Fsp3) is 0.467. The van der Waals surface area contributed by atoms with Gasteiger partial charge in [-0.15, -0.1) is 0 Å². The molecule has 0 aliphatic heterocycles. The van der Waals surface area contributed by atoms with Gasteiger partial charge in [-0.2, -0.15) is 0 Å². The number of phosphoric ester groups is 1. The average molecular weight is 390 g/mol. The van der Waals surface area contributed by atoms with Crippen molar-refractivity contribution in [1.82, 2.24) is 4.90 Å². The first-order valence-electron chi connectivity index (χ1n) is 7.52. The number of carboxylic acids is 1. The van der Waals surface area contributed by atoms with Crippen LogP contribution in [0.15, 0.2) is 18.2 Å². The van der Waals surface area contributed by atoms with Gasteiger partial charge in [0.2, 0.25) is 0 Å². The maximum Gasteiger partial charge on any atom is 0.524 e. The quantitative estimate of drug-likeness (QED) is 0.418. The molecule has 0 saturated heterocycles. The fourth-order valence-corrected chi connectivity index (χ4v) is 2.43. The van der Waals surface area contributed by atoms with Crippen LogP contribution in [-0.4, -0.2) is 50.5 Å². The second-order valence-electron chi connectivity index (χ2n) is 6.60. The van der Waals surface area contributed by atoms with Crippen molar-refractivity contribution < 1.29 is 38.3 Å². The van der Waals surface area contributed by atoms with E-state index in [9.17, 15) is 19.3 Å². The number of amides is 1. The Morgan fingerprint density at radius 2 is 1.88 bits per heavy atom. The van der Waals surface area contributed by atoms with E-state index in [-0.39, 0.29) is 17.9 Å². The number of carbonyl (C=O) groups excluding carboxylic acids is 1. The molecular weight excluding hydrogens is 367 g/mol. The third kappa shape index (κ3) is 6.91. The Morgan fingerprint density at radius 1 is 1.31 bits per heavy atom. The molecule has 0 heterocycles. The van der Waals surface area contributed by atoms with Crippen molar-refractivity contribution in [3.63, 3.8) is 0 Å². The van der Waals surface area contributed by atoms with Crippen molar-refractivity contribution >= 4 is 25.6 Å². The molecule has 5 N–H and O–H groups in total. The van der Waals surface area contributed by atoms with Crippen LogP contribution in [0.3, 0.4) is 0 Å². The Kier molecular flexibility index (Phi) is 6.65. The summed E-state index contributed by atoms with van der Waals surface area (Å²) in [4.78, 5) is 42.2. The summed E-state index contributed by atoms with van der Waals surface area (Å²) in [5.74, 6) is -1.47. The van der Waals surface area contributed by atoms with E-state index in [2.05, 4.69) is 4.52 Å². The summed E-state index contributed by atoms with van der Waals surface area (Å²) in [5, 5.41) is 9.42. The number of rotatable bonds is 6. The Labute approximate surface area is 150 Å². The van der Waals surface area contributed by atoms with Gasteiger partial charge in [-0.3, -0.25) is 14.7 Å². The van der Waals surface area contributed by atoms with E-state index in [4.69, 9.17) is 20.3 Å². The van der Waals surface area contributed by atoms with Crippen molar-refractivity contribution in [2.45, 2.75) is 38.8 Å². The highest BCUT2D eigenvalue weighted by Crippen LogP contribution is 2.40. The second kappa shape index (κ2) is 7.94. The van der Waals surface area contributed by atoms with Crippen LogP contribution in [0.2, 0.25) is 0 Å². The Bertz CT molecular complexity index is 725. The van der Waals surface area contributed by atoms with Crippen molar-refractivity contribution in [2.75, 3.05) is 12.8 Å². The molecule has 1 rings (SSSR count). The van der Waals surface area contributed by atoms with Gasteiger partial charge in [0.25, 0.3) is 0 Å². The number of likely N-dealkylation sites (N-methyl/N-ethyl adjacent to an activating group) is 1. The number of carbonyl (C=O) groups is 2.